The van der Waals surface area contributed by atoms with Gasteiger partial charge in [-0.15, -0.1) is 0 Å². The van der Waals surface area contributed by atoms with Crippen molar-refractivity contribution in [1.29, 1.82) is 0 Å². The summed E-state index contributed by atoms with van der Waals surface area (Å²) in [5.41, 5.74) is 7.58. The first-order valence-corrected chi connectivity index (χ1v) is 9.64. The molecule has 0 aliphatic carbocycles. The van der Waals surface area contributed by atoms with Crippen LogP contribution in [0.3, 0.4) is 0 Å². The van der Waals surface area contributed by atoms with E-state index >= 15 is 0 Å². The van der Waals surface area contributed by atoms with E-state index in [0.717, 1.165) is 0 Å². The molecule has 30 heavy (non-hydrogen) atoms. The number of amides is 2. The van der Waals surface area contributed by atoms with Crippen LogP contribution in [0.2, 0.25) is 5.02 Å². The second-order valence-electron chi connectivity index (χ2n) is 6.99. The Hall–Kier alpha value is -3.13. The van der Waals surface area contributed by atoms with E-state index in [1.807, 2.05) is 0 Å². The summed E-state index contributed by atoms with van der Waals surface area (Å²) in [6.07, 6.45) is -1.32. The molecule has 0 saturated heterocycles. The Kier molecular flexibility index (Phi) is 7.39. The number of halogens is 1. The number of hydrogen-bond acceptors (Lipinski definition) is 5. The first kappa shape index (κ1) is 23.2. The third-order valence-electron chi connectivity index (χ3n) is 4.67. The lowest BCUT2D eigenvalue weighted by molar-refractivity contribution is -0.146. The van der Waals surface area contributed by atoms with Gasteiger partial charge in [-0.25, -0.2) is 4.79 Å². The number of H-pyrrole nitrogens is 1. The highest BCUT2D eigenvalue weighted by Gasteiger charge is 2.27. The third kappa shape index (κ3) is 5.48. The number of carbonyl (C=O) groups excluding carboxylic acids is 4. The zero-order chi connectivity index (χ0) is 22.6. The summed E-state index contributed by atoms with van der Waals surface area (Å²) in [5.74, 6) is -1.31. The monoisotopic (exact) mass is 433 g/mol. The van der Waals surface area contributed by atoms with Crippen LogP contribution in [0.4, 0.5) is 4.79 Å². The number of benzene rings is 1. The highest BCUT2D eigenvalue weighted by atomic mass is 35.5. The normalized spacial score (nSPS) is 12.7. The number of rotatable bonds is 8. The van der Waals surface area contributed by atoms with Crippen molar-refractivity contribution in [2.45, 2.75) is 46.3 Å². The van der Waals surface area contributed by atoms with Crippen LogP contribution in [0.15, 0.2) is 24.3 Å². The fourth-order valence-electron chi connectivity index (χ4n) is 3.31. The predicted molar refractivity (Wildman–Crippen MR) is 112 cm³/mol. The van der Waals surface area contributed by atoms with Crippen molar-refractivity contribution in [3.63, 3.8) is 0 Å². The lowest BCUT2D eigenvalue weighted by Crippen LogP contribution is -2.35. The average molecular weight is 434 g/mol. The largest absolute Gasteiger partial charge is 0.454 e. The van der Waals surface area contributed by atoms with Crippen molar-refractivity contribution in [3.8, 4) is 0 Å². The molecule has 8 nitrogen and oxygen atoms in total. The molecule has 1 aromatic heterocycles. The van der Waals surface area contributed by atoms with E-state index in [-0.39, 0.29) is 17.9 Å². The molecule has 1 aromatic carbocycles. The van der Waals surface area contributed by atoms with Gasteiger partial charge in [-0.1, -0.05) is 23.7 Å². The van der Waals surface area contributed by atoms with Gasteiger partial charge < -0.3 is 20.8 Å². The smallest absolute Gasteiger partial charge is 0.312 e. The molecular weight excluding hydrogens is 410 g/mol. The Morgan fingerprint density at radius 1 is 1.17 bits per heavy atom. The lowest BCUT2D eigenvalue weighted by atomic mass is 10.0. The van der Waals surface area contributed by atoms with Crippen molar-refractivity contribution >= 4 is 35.2 Å². The van der Waals surface area contributed by atoms with Crippen LogP contribution in [0.25, 0.3) is 0 Å². The van der Waals surface area contributed by atoms with Crippen LogP contribution in [-0.2, 0) is 9.53 Å². The second kappa shape index (κ2) is 9.58. The maximum Gasteiger partial charge on any atom is 0.312 e. The van der Waals surface area contributed by atoms with E-state index < -0.39 is 29.9 Å². The number of ether oxygens (including phenoxy) is 1. The van der Waals surface area contributed by atoms with Crippen LogP contribution in [0.1, 0.15) is 64.0 Å². The number of nitrogens with two attached hydrogens (primary N) is 1. The number of hydrogen-bond donors (Lipinski definition) is 3. The van der Waals surface area contributed by atoms with Crippen molar-refractivity contribution in [2.24, 2.45) is 5.73 Å². The number of nitrogens with one attached hydrogen (secondary N) is 2. The summed E-state index contributed by atoms with van der Waals surface area (Å²) in [4.78, 5) is 51.2. The maximum atomic E-state index is 12.7. The molecule has 2 atom stereocenters. The predicted octanol–water partition coefficient (Wildman–Crippen LogP) is 3.40. The van der Waals surface area contributed by atoms with E-state index in [0.29, 0.717) is 27.4 Å². The van der Waals surface area contributed by atoms with Gasteiger partial charge in [0.1, 0.15) is 0 Å². The van der Waals surface area contributed by atoms with E-state index in [4.69, 9.17) is 22.1 Å². The fourth-order valence-corrected chi connectivity index (χ4v) is 3.44. The summed E-state index contributed by atoms with van der Waals surface area (Å²) in [5, 5.41) is 2.98. The highest BCUT2D eigenvalue weighted by molar-refractivity contribution is 6.30. The molecule has 0 fully saturated rings. The number of ketones is 2. The molecule has 4 N–H and O–H groups in total. The number of esters is 1. The van der Waals surface area contributed by atoms with E-state index in [2.05, 4.69) is 10.3 Å². The third-order valence-corrected chi connectivity index (χ3v) is 4.93. The Labute approximate surface area is 179 Å². The van der Waals surface area contributed by atoms with Gasteiger partial charge in [-0.2, -0.15) is 0 Å². The molecule has 160 valence electrons. The number of aromatic amines is 1. The van der Waals surface area contributed by atoms with Crippen LogP contribution in [0.5, 0.6) is 0 Å². The number of urea groups is 1. The van der Waals surface area contributed by atoms with Crippen molar-refractivity contribution in [2.75, 3.05) is 0 Å². The molecule has 2 amide bonds. The molecule has 9 heteroatoms. The van der Waals surface area contributed by atoms with Crippen LogP contribution in [0, 0.1) is 13.8 Å². The molecule has 2 aromatic rings. The molecule has 0 aliphatic rings. The van der Waals surface area contributed by atoms with Crippen LogP contribution >= 0.6 is 11.6 Å². The molecule has 0 bridgehead atoms. The molecule has 0 aliphatic heterocycles. The topological polar surface area (TPSA) is 131 Å². The van der Waals surface area contributed by atoms with Crippen molar-refractivity contribution < 1.29 is 23.9 Å². The lowest BCUT2D eigenvalue weighted by Gasteiger charge is -2.19. The quantitative estimate of drug-likeness (QED) is 0.433. The van der Waals surface area contributed by atoms with Gasteiger partial charge in [0.05, 0.1) is 18.2 Å². The van der Waals surface area contributed by atoms with Gasteiger partial charge in [0, 0.05) is 16.3 Å². The molecule has 0 radical (unpaired) electrons. The van der Waals surface area contributed by atoms with Crippen molar-refractivity contribution in [3.05, 3.63) is 57.4 Å². The minimum Gasteiger partial charge on any atom is -0.454 e. The van der Waals surface area contributed by atoms with Crippen LogP contribution < -0.4 is 11.1 Å². The highest BCUT2D eigenvalue weighted by Crippen LogP contribution is 2.22. The van der Waals surface area contributed by atoms with Gasteiger partial charge in [0.2, 0.25) is 5.78 Å². The van der Waals surface area contributed by atoms with Gasteiger partial charge >= 0.3 is 12.0 Å². The number of aromatic nitrogens is 1. The Bertz CT molecular complexity index is 981. The Balaban J connectivity index is 2.12. The molecule has 0 saturated carbocycles. The second-order valence-corrected chi connectivity index (χ2v) is 7.43. The molecule has 0 spiro atoms. The first-order valence-electron chi connectivity index (χ1n) is 9.26. The average Bonchev–Trinajstić information content (AvgIpc) is 2.94. The minimum absolute atomic E-state index is 0.159. The van der Waals surface area contributed by atoms with E-state index in [1.54, 1.807) is 38.1 Å². The summed E-state index contributed by atoms with van der Waals surface area (Å²) >= 11 is 5.87. The summed E-state index contributed by atoms with van der Waals surface area (Å²) in [7, 11) is 0. The number of carbonyl (C=O) groups is 4. The zero-order valence-corrected chi connectivity index (χ0v) is 17.9. The first-order chi connectivity index (χ1) is 14.0. The zero-order valence-electron chi connectivity index (χ0n) is 17.2. The standard InChI is InChI=1S/C21H24ClN3O5/c1-10-18(12(3)26)11(2)24-19(10)20(28)13(4)30-17(27)9-16(25-21(23)29)14-5-7-15(22)8-6-14/h5-8,13,16,24H,9H2,1-4H3,(H3,23,25,29)/t13-,16+/m1/s1. The molecular formula is C21H24ClN3O5. The molecule has 0 unspecified atom stereocenters. The van der Waals surface area contributed by atoms with Gasteiger partial charge in [0.25, 0.3) is 0 Å². The summed E-state index contributed by atoms with van der Waals surface area (Å²) in [6, 6.07) is 4.99. The van der Waals surface area contributed by atoms with Crippen molar-refractivity contribution in [1.82, 2.24) is 10.3 Å². The number of primary amides is 1. The Morgan fingerprint density at radius 2 is 1.77 bits per heavy atom. The minimum atomic E-state index is -1.09. The van der Waals surface area contributed by atoms with E-state index in [9.17, 15) is 19.2 Å². The van der Waals surface area contributed by atoms with Crippen LogP contribution in [-0.4, -0.2) is 34.7 Å². The maximum absolute atomic E-state index is 12.7. The SMILES string of the molecule is CC(=O)c1c(C)[nH]c(C(=O)[C@@H](C)OC(=O)C[C@H](NC(N)=O)c2ccc(Cl)cc2)c1C. The fraction of sp³-hybridized carbons (Fsp3) is 0.333. The van der Waals surface area contributed by atoms with E-state index in [1.165, 1.54) is 13.8 Å². The Morgan fingerprint density at radius 3 is 2.27 bits per heavy atom. The van der Waals surface area contributed by atoms with Gasteiger partial charge in [0.15, 0.2) is 11.9 Å². The summed E-state index contributed by atoms with van der Waals surface area (Å²) in [6.45, 7) is 6.23. The number of aryl methyl sites for hydroxylation is 1. The molecule has 1 heterocycles. The molecule has 2 rings (SSSR count). The van der Waals surface area contributed by atoms with Gasteiger partial charge in [-0.05, 0) is 51.0 Å². The summed E-state index contributed by atoms with van der Waals surface area (Å²) < 4.78 is 5.28. The van der Waals surface area contributed by atoms with Gasteiger partial charge in [-0.3, -0.25) is 14.4 Å². The number of Topliss-reactive ketones (excluding diaryl/α,β-unsaturated/α-hetero) is 2.